The van der Waals surface area contributed by atoms with E-state index in [4.69, 9.17) is 4.74 Å². The lowest BCUT2D eigenvalue weighted by molar-refractivity contribution is -0.125. The second kappa shape index (κ2) is 9.39. The van der Waals surface area contributed by atoms with E-state index in [1.54, 1.807) is 37.4 Å². The summed E-state index contributed by atoms with van der Waals surface area (Å²) in [6.07, 6.45) is 1.13. The molecule has 0 fully saturated rings. The quantitative estimate of drug-likeness (QED) is 0.617. The van der Waals surface area contributed by atoms with Crippen molar-refractivity contribution in [3.05, 3.63) is 58.9 Å². The second-order valence-corrected chi connectivity index (χ2v) is 6.93. The van der Waals surface area contributed by atoms with Crippen LogP contribution >= 0.6 is 0 Å². The standard InChI is InChI=1S/C22H24FN3O4/c1-24-15-8-9-18(23)14(11-15)13-30-20-7-3-5-16-17(20)12-26(22(16)29)19(6-4-10-27)21(28)25-2/h3,5,7-11,19,24H,4,6,12-13H2,1-2H3,(H,25,28). The van der Waals surface area contributed by atoms with Crippen LogP contribution in [0, 0.1) is 5.82 Å². The van der Waals surface area contributed by atoms with E-state index < -0.39 is 6.04 Å². The van der Waals surface area contributed by atoms with Gasteiger partial charge in [-0.2, -0.15) is 0 Å². The van der Waals surface area contributed by atoms with Crippen LogP contribution in [0.25, 0.3) is 0 Å². The number of likely N-dealkylation sites (N-methyl/N-ethyl adjacent to an activating group) is 1. The van der Waals surface area contributed by atoms with Crippen LogP contribution in [0.15, 0.2) is 36.4 Å². The highest BCUT2D eigenvalue weighted by Gasteiger charge is 2.37. The fourth-order valence-electron chi connectivity index (χ4n) is 3.53. The molecule has 8 heteroatoms. The van der Waals surface area contributed by atoms with Gasteiger partial charge in [0.2, 0.25) is 5.91 Å². The zero-order chi connectivity index (χ0) is 21.7. The average molecular weight is 413 g/mol. The molecule has 3 rings (SSSR count). The van der Waals surface area contributed by atoms with Crippen LogP contribution in [0.2, 0.25) is 0 Å². The lowest BCUT2D eigenvalue weighted by Gasteiger charge is -2.25. The molecular formula is C22H24FN3O4. The molecule has 30 heavy (non-hydrogen) atoms. The highest BCUT2D eigenvalue weighted by atomic mass is 19.1. The predicted octanol–water partition coefficient (Wildman–Crippen LogP) is 2.50. The van der Waals surface area contributed by atoms with Gasteiger partial charge < -0.3 is 25.1 Å². The Hall–Kier alpha value is -3.42. The van der Waals surface area contributed by atoms with Crippen molar-refractivity contribution in [2.45, 2.75) is 32.0 Å². The maximum atomic E-state index is 14.1. The zero-order valence-corrected chi connectivity index (χ0v) is 16.9. The number of anilines is 1. The highest BCUT2D eigenvalue weighted by molar-refractivity contribution is 6.01. The Labute approximate surface area is 174 Å². The third-order valence-corrected chi connectivity index (χ3v) is 5.15. The van der Waals surface area contributed by atoms with Gasteiger partial charge in [0.25, 0.3) is 5.91 Å². The summed E-state index contributed by atoms with van der Waals surface area (Å²) in [5.41, 5.74) is 2.23. The number of ether oxygens (including phenoxy) is 1. The number of aldehydes is 1. The molecule has 7 nitrogen and oxygen atoms in total. The lowest BCUT2D eigenvalue weighted by Crippen LogP contribution is -2.46. The number of nitrogens with zero attached hydrogens (tertiary/aromatic N) is 1. The first-order valence-corrected chi connectivity index (χ1v) is 9.67. The molecular weight excluding hydrogens is 389 g/mol. The van der Waals surface area contributed by atoms with Crippen molar-refractivity contribution in [1.29, 1.82) is 0 Å². The smallest absolute Gasteiger partial charge is 0.255 e. The van der Waals surface area contributed by atoms with Crippen molar-refractivity contribution in [3.63, 3.8) is 0 Å². The third-order valence-electron chi connectivity index (χ3n) is 5.15. The minimum atomic E-state index is -0.752. The monoisotopic (exact) mass is 413 g/mol. The number of fused-ring (bicyclic) bond motifs is 1. The van der Waals surface area contributed by atoms with Gasteiger partial charge in [-0.1, -0.05) is 6.07 Å². The van der Waals surface area contributed by atoms with Crippen LogP contribution in [-0.2, 0) is 22.7 Å². The van der Waals surface area contributed by atoms with E-state index in [0.29, 0.717) is 22.4 Å². The fraction of sp³-hybridized carbons (Fsp3) is 0.318. The topological polar surface area (TPSA) is 87.7 Å². The number of carbonyl (C=O) groups is 3. The second-order valence-electron chi connectivity index (χ2n) is 6.93. The molecule has 0 bridgehead atoms. The first-order chi connectivity index (χ1) is 14.5. The molecule has 0 aromatic heterocycles. The van der Waals surface area contributed by atoms with Crippen LogP contribution in [0.3, 0.4) is 0 Å². The zero-order valence-electron chi connectivity index (χ0n) is 16.9. The Morgan fingerprint density at radius 2 is 2.10 bits per heavy atom. The van der Waals surface area contributed by atoms with E-state index in [2.05, 4.69) is 10.6 Å². The Bertz CT molecular complexity index is 963. The van der Waals surface area contributed by atoms with Gasteiger partial charge in [-0.3, -0.25) is 9.59 Å². The Morgan fingerprint density at radius 1 is 1.30 bits per heavy atom. The van der Waals surface area contributed by atoms with Crippen molar-refractivity contribution < 1.29 is 23.5 Å². The Balaban J connectivity index is 1.82. The molecule has 0 saturated heterocycles. The molecule has 0 spiro atoms. The minimum absolute atomic E-state index is 0.00395. The minimum Gasteiger partial charge on any atom is -0.488 e. The van der Waals surface area contributed by atoms with Gasteiger partial charge >= 0.3 is 0 Å². The summed E-state index contributed by atoms with van der Waals surface area (Å²) in [5.74, 6) is -0.541. The van der Waals surface area contributed by atoms with Crippen molar-refractivity contribution in [2.24, 2.45) is 0 Å². The number of carbonyl (C=O) groups excluding carboxylic acids is 3. The maximum absolute atomic E-state index is 14.1. The summed E-state index contributed by atoms with van der Waals surface area (Å²) >= 11 is 0. The van der Waals surface area contributed by atoms with Gasteiger partial charge in [-0.05, 0) is 36.8 Å². The first-order valence-electron chi connectivity index (χ1n) is 9.67. The number of hydrogen-bond donors (Lipinski definition) is 2. The number of benzene rings is 2. The maximum Gasteiger partial charge on any atom is 0.255 e. The van der Waals surface area contributed by atoms with Crippen molar-refractivity contribution in [2.75, 3.05) is 19.4 Å². The summed E-state index contributed by atoms with van der Waals surface area (Å²) < 4.78 is 20.0. The first kappa shape index (κ1) is 21.3. The largest absolute Gasteiger partial charge is 0.488 e. The summed E-state index contributed by atoms with van der Waals surface area (Å²) in [6, 6.07) is 8.99. The van der Waals surface area contributed by atoms with Crippen LogP contribution in [0.1, 0.15) is 34.3 Å². The fourth-order valence-corrected chi connectivity index (χ4v) is 3.53. The Kier molecular flexibility index (Phi) is 6.66. The van der Waals surface area contributed by atoms with Gasteiger partial charge in [0.05, 0.1) is 6.54 Å². The van der Waals surface area contributed by atoms with E-state index in [9.17, 15) is 18.8 Å². The van der Waals surface area contributed by atoms with E-state index in [-0.39, 0.29) is 43.6 Å². The molecule has 2 amide bonds. The molecule has 0 radical (unpaired) electrons. The molecule has 1 heterocycles. The van der Waals surface area contributed by atoms with Gasteiger partial charge in [0.15, 0.2) is 0 Å². The van der Waals surface area contributed by atoms with Gasteiger partial charge in [0.1, 0.15) is 30.5 Å². The van der Waals surface area contributed by atoms with Gasteiger partial charge in [-0.15, -0.1) is 0 Å². The van der Waals surface area contributed by atoms with Crippen LogP contribution in [0.4, 0.5) is 10.1 Å². The van der Waals surface area contributed by atoms with E-state index in [1.165, 1.54) is 18.0 Å². The highest BCUT2D eigenvalue weighted by Crippen LogP contribution is 2.33. The van der Waals surface area contributed by atoms with Crippen molar-refractivity contribution in [1.82, 2.24) is 10.2 Å². The summed E-state index contributed by atoms with van der Waals surface area (Å²) in [5, 5.41) is 5.50. The summed E-state index contributed by atoms with van der Waals surface area (Å²) in [4.78, 5) is 37.5. The molecule has 0 saturated carbocycles. The van der Waals surface area contributed by atoms with E-state index >= 15 is 0 Å². The molecule has 1 aliphatic heterocycles. The number of nitrogens with one attached hydrogen (secondary N) is 2. The van der Waals surface area contributed by atoms with Crippen molar-refractivity contribution in [3.8, 4) is 5.75 Å². The van der Waals surface area contributed by atoms with Crippen LogP contribution < -0.4 is 15.4 Å². The number of hydrogen-bond acceptors (Lipinski definition) is 5. The van der Waals surface area contributed by atoms with Crippen LogP contribution in [-0.4, -0.2) is 43.1 Å². The lowest BCUT2D eigenvalue weighted by atomic mass is 10.1. The molecule has 158 valence electrons. The predicted molar refractivity (Wildman–Crippen MR) is 110 cm³/mol. The molecule has 2 N–H and O–H groups in total. The molecule has 1 atom stereocenters. The summed E-state index contributed by atoms with van der Waals surface area (Å²) in [7, 11) is 3.24. The van der Waals surface area contributed by atoms with E-state index in [1.807, 2.05) is 0 Å². The van der Waals surface area contributed by atoms with Crippen LogP contribution in [0.5, 0.6) is 5.75 Å². The van der Waals surface area contributed by atoms with Gasteiger partial charge in [-0.25, -0.2) is 4.39 Å². The normalized spacial score (nSPS) is 13.6. The van der Waals surface area contributed by atoms with Gasteiger partial charge in [0, 0.05) is 42.9 Å². The Morgan fingerprint density at radius 3 is 2.80 bits per heavy atom. The van der Waals surface area contributed by atoms with E-state index in [0.717, 1.165) is 12.0 Å². The number of rotatable bonds is 9. The third kappa shape index (κ3) is 4.27. The number of amides is 2. The average Bonchev–Trinajstić information content (AvgIpc) is 3.10. The number of halogens is 1. The molecule has 2 aromatic rings. The molecule has 2 aromatic carbocycles. The molecule has 1 unspecified atom stereocenters. The molecule has 0 aliphatic carbocycles. The van der Waals surface area contributed by atoms with Crippen molar-refractivity contribution >= 4 is 23.8 Å². The summed E-state index contributed by atoms with van der Waals surface area (Å²) in [6.45, 7) is 0.177. The molecule has 1 aliphatic rings. The SMILES string of the molecule is CNC(=O)C(CCC=O)N1Cc2c(OCc3cc(NC)ccc3F)cccc2C1=O.